The Morgan fingerprint density at radius 1 is 0.871 bits per heavy atom. The number of aliphatic carboxylic acids is 3. The van der Waals surface area contributed by atoms with Crippen LogP contribution in [0.15, 0.2) is 63.8 Å². The van der Waals surface area contributed by atoms with Crippen molar-refractivity contribution in [2.75, 3.05) is 0 Å². The normalized spacial score (nSPS) is 10.7. The Kier molecular flexibility index (Phi) is 7.11. The maximum atomic E-state index is 12.0. The third-order valence-electron chi connectivity index (χ3n) is 4.08. The molecule has 0 saturated carbocycles. The number of aromatic hydroxyl groups is 1. The molecule has 0 fully saturated rings. The number of benzene rings is 2. The summed E-state index contributed by atoms with van der Waals surface area (Å²) in [6, 6.07) is 15.6. The second-order valence-corrected chi connectivity index (χ2v) is 6.47. The van der Waals surface area contributed by atoms with Crippen molar-refractivity contribution in [2.24, 2.45) is 0 Å². The first-order valence-electron chi connectivity index (χ1n) is 8.74. The predicted octanol–water partition coefficient (Wildman–Crippen LogP) is 1.92. The van der Waals surface area contributed by atoms with Crippen LogP contribution in [0.25, 0.3) is 22.3 Å². The molecule has 10 nitrogen and oxygen atoms in total. The fraction of sp³-hybridized carbons (Fsp3) is 0.143. The molecule has 0 saturated heterocycles. The van der Waals surface area contributed by atoms with E-state index in [9.17, 15) is 24.3 Å². The molecular formula is C21H18O10. The maximum Gasteiger partial charge on any atom is 0.336 e. The quantitative estimate of drug-likeness (QED) is 0.387. The number of hydrogen-bond acceptors (Lipinski definition) is 7. The molecule has 10 heteroatoms. The van der Waals surface area contributed by atoms with Gasteiger partial charge in [0.15, 0.2) is 11.0 Å². The van der Waals surface area contributed by atoms with E-state index in [4.69, 9.17) is 24.8 Å². The van der Waals surface area contributed by atoms with E-state index >= 15 is 0 Å². The highest BCUT2D eigenvalue weighted by Gasteiger charge is 2.40. The minimum Gasteiger partial charge on any atom is -0.507 e. The summed E-state index contributed by atoms with van der Waals surface area (Å²) >= 11 is 0. The lowest BCUT2D eigenvalue weighted by Crippen LogP contribution is -2.42. The minimum atomic E-state index is -2.74. The number of carbonyl (C=O) groups is 3. The predicted molar refractivity (Wildman–Crippen MR) is 107 cm³/mol. The zero-order valence-corrected chi connectivity index (χ0v) is 15.9. The summed E-state index contributed by atoms with van der Waals surface area (Å²) in [5.74, 6) is -4.57. The standard InChI is InChI=1S/C15H10O3.C6H8O7/c16-11-7-4-8-13-15(11)12(17)9-14(18-13)10-5-2-1-3-6-10;7-3(8)1-6(13,5(11)12)2-4(9)10/h1-9,16H;13H,1-2H2,(H,7,8)(H,9,10)(H,11,12). The second kappa shape index (κ2) is 9.55. The van der Waals surface area contributed by atoms with E-state index < -0.39 is 36.4 Å². The number of carboxylic acids is 3. The molecular weight excluding hydrogens is 412 g/mol. The largest absolute Gasteiger partial charge is 0.507 e. The van der Waals surface area contributed by atoms with Crippen LogP contribution in [0.4, 0.5) is 0 Å². The molecule has 0 amide bonds. The molecule has 1 aromatic heterocycles. The van der Waals surface area contributed by atoms with Crippen molar-refractivity contribution in [3.63, 3.8) is 0 Å². The van der Waals surface area contributed by atoms with Gasteiger partial charge in [0.05, 0.1) is 12.8 Å². The van der Waals surface area contributed by atoms with Gasteiger partial charge in [-0.05, 0) is 12.1 Å². The van der Waals surface area contributed by atoms with Gasteiger partial charge >= 0.3 is 17.9 Å². The molecule has 0 bridgehead atoms. The highest BCUT2D eigenvalue weighted by Crippen LogP contribution is 2.26. The lowest BCUT2D eigenvalue weighted by atomic mass is 9.96. The summed E-state index contributed by atoms with van der Waals surface area (Å²) in [6.45, 7) is 0. The summed E-state index contributed by atoms with van der Waals surface area (Å²) in [7, 11) is 0. The van der Waals surface area contributed by atoms with E-state index in [-0.39, 0.29) is 16.6 Å². The molecule has 1 heterocycles. The number of aliphatic hydroxyl groups is 1. The van der Waals surface area contributed by atoms with Crippen molar-refractivity contribution in [1.29, 1.82) is 0 Å². The van der Waals surface area contributed by atoms with Crippen molar-refractivity contribution in [1.82, 2.24) is 0 Å². The summed E-state index contributed by atoms with van der Waals surface area (Å²) in [5.41, 5.74) is -1.76. The zero-order chi connectivity index (χ0) is 23.2. The molecule has 3 aromatic rings. The molecule has 0 aliphatic rings. The highest BCUT2D eigenvalue weighted by molar-refractivity contribution is 5.88. The summed E-state index contributed by atoms with van der Waals surface area (Å²) in [6.07, 6.45) is -2.29. The molecule has 162 valence electrons. The molecule has 5 N–H and O–H groups in total. The molecule has 0 atom stereocenters. The van der Waals surface area contributed by atoms with Crippen molar-refractivity contribution in [3.05, 3.63) is 64.8 Å². The molecule has 0 unspecified atom stereocenters. The third kappa shape index (κ3) is 5.90. The Labute approximate surface area is 174 Å². The van der Waals surface area contributed by atoms with Crippen LogP contribution in [-0.2, 0) is 14.4 Å². The first kappa shape index (κ1) is 23.1. The number of rotatable bonds is 6. The third-order valence-corrected chi connectivity index (χ3v) is 4.08. The first-order chi connectivity index (χ1) is 14.5. The SMILES string of the molecule is O=C(O)CC(O)(CC(=O)O)C(=O)O.O=c1cc(-c2ccccc2)oc2cccc(O)c12. The number of phenolic OH excluding ortho intramolecular Hbond substituents is 1. The van der Waals surface area contributed by atoms with Crippen LogP contribution < -0.4 is 5.43 Å². The first-order valence-corrected chi connectivity index (χ1v) is 8.74. The van der Waals surface area contributed by atoms with Gasteiger partial charge in [-0.1, -0.05) is 36.4 Å². The summed E-state index contributed by atoms with van der Waals surface area (Å²) in [4.78, 5) is 42.5. The molecule has 2 aromatic carbocycles. The van der Waals surface area contributed by atoms with Gasteiger partial charge in [0.2, 0.25) is 0 Å². The van der Waals surface area contributed by atoms with E-state index in [1.165, 1.54) is 12.1 Å². The fourth-order valence-corrected chi connectivity index (χ4v) is 2.65. The minimum absolute atomic E-state index is 0.0548. The van der Waals surface area contributed by atoms with Crippen LogP contribution in [0.5, 0.6) is 5.75 Å². The van der Waals surface area contributed by atoms with Gasteiger partial charge in [-0.25, -0.2) is 4.79 Å². The lowest BCUT2D eigenvalue weighted by molar-refractivity contribution is -0.170. The Morgan fingerprint density at radius 3 is 1.97 bits per heavy atom. The summed E-state index contributed by atoms with van der Waals surface area (Å²) < 4.78 is 5.65. The fourth-order valence-electron chi connectivity index (χ4n) is 2.65. The molecule has 0 aliphatic carbocycles. The smallest absolute Gasteiger partial charge is 0.336 e. The van der Waals surface area contributed by atoms with E-state index in [0.29, 0.717) is 11.3 Å². The van der Waals surface area contributed by atoms with Crippen LogP contribution in [0.3, 0.4) is 0 Å². The molecule has 0 radical (unpaired) electrons. The average Bonchev–Trinajstić information content (AvgIpc) is 2.67. The van der Waals surface area contributed by atoms with Crippen LogP contribution in [0, 0.1) is 0 Å². The second-order valence-electron chi connectivity index (χ2n) is 6.47. The average molecular weight is 430 g/mol. The van der Waals surface area contributed by atoms with Crippen LogP contribution in [0.2, 0.25) is 0 Å². The van der Waals surface area contributed by atoms with Gasteiger partial charge < -0.3 is 29.9 Å². The van der Waals surface area contributed by atoms with Gasteiger partial charge in [0.1, 0.15) is 22.5 Å². The number of hydrogen-bond donors (Lipinski definition) is 5. The van der Waals surface area contributed by atoms with Gasteiger partial charge in [-0.15, -0.1) is 0 Å². The summed E-state index contributed by atoms with van der Waals surface area (Å²) in [5, 5.41) is 43.7. The van der Waals surface area contributed by atoms with Crippen LogP contribution in [0.1, 0.15) is 12.8 Å². The van der Waals surface area contributed by atoms with E-state index in [0.717, 1.165) is 5.56 Å². The van der Waals surface area contributed by atoms with Crippen molar-refractivity contribution < 1.29 is 44.3 Å². The Hall–Kier alpha value is -4.18. The molecule has 3 rings (SSSR count). The molecule has 0 aliphatic heterocycles. The van der Waals surface area contributed by atoms with E-state index in [1.807, 2.05) is 30.3 Å². The highest BCUT2D eigenvalue weighted by atomic mass is 16.4. The van der Waals surface area contributed by atoms with Gasteiger partial charge in [-0.2, -0.15) is 0 Å². The number of phenols is 1. The zero-order valence-electron chi connectivity index (χ0n) is 15.9. The van der Waals surface area contributed by atoms with Gasteiger partial charge in [0, 0.05) is 11.6 Å². The Balaban J connectivity index is 0.000000235. The maximum absolute atomic E-state index is 12.0. The molecule has 31 heavy (non-hydrogen) atoms. The molecule has 0 spiro atoms. The lowest BCUT2D eigenvalue weighted by Gasteiger charge is -2.18. The number of fused-ring (bicyclic) bond motifs is 1. The van der Waals surface area contributed by atoms with Crippen molar-refractivity contribution >= 4 is 28.9 Å². The van der Waals surface area contributed by atoms with Crippen LogP contribution in [-0.4, -0.2) is 49.0 Å². The van der Waals surface area contributed by atoms with E-state index in [2.05, 4.69) is 0 Å². The van der Waals surface area contributed by atoms with E-state index in [1.54, 1.807) is 12.1 Å². The number of carboxylic acid groups (broad SMARTS) is 3. The van der Waals surface area contributed by atoms with Crippen molar-refractivity contribution in [2.45, 2.75) is 18.4 Å². The topological polar surface area (TPSA) is 183 Å². The Morgan fingerprint density at radius 2 is 1.45 bits per heavy atom. The van der Waals surface area contributed by atoms with Crippen molar-refractivity contribution in [3.8, 4) is 17.1 Å². The Bertz CT molecular complexity index is 1150. The van der Waals surface area contributed by atoms with Gasteiger partial charge in [-0.3, -0.25) is 14.4 Å². The van der Waals surface area contributed by atoms with Crippen LogP contribution >= 0.6 is 0 Å². The monoisotopic (exact) mass is 430 g/mol. The van der Waals surface area contributed by atoms with Gasteiger partial charge in [0.25, 0.3) is 0 Å².